The van der Waals surface area contributed by atoms with Gasteiger partial charge in [0, 0.05) is 10.7 Å². The molecule has 0 N–H and O–H groups in total. The maximum Gasteiger partial charge on any atom is 0.322 e. The topological polar surface area (TPSA) is 104 Å². The van der Waals surface area contributed by atoms with Crippen LogP contribution in [0, 0.1) is 10.1 Å². The summed E-state index contributed by atoms with van der Waals surface area (Å²) in [6.45, 7) is 1.50. The second kappa shape index (κ2) is 5.32. The minimum Gasteiger partial charge on any atom is -0.486 e. The minimum atomic E-state index is -4.21. The minimum absolute atomic E-state index is 0.0113. The molecule has 98 valence electrons. The molecule has 0 saturated heterocycles. The fraction of sp³-hybridized carbons (Fsp3) is 0.222. The van der Waals surface area contributed by atoms with Crippen molar-refractivity contribution in [3.8, 4) is 5.75 Å². The summed E-state index contributed by atoms with van der Waals surface area (Å²) in [5, 5.41) is 10.9. The Labute approximate surface area is 107 Å². The zero-order valence-corrected chi connectivity index (χ0v) is 10.7. The van der Waals surface area contributed by atoms with Crippen molar-refractivity contribution >= 4 is 31.7 Å². The summed E-state index contributed by atoms with van der Waals surface area (Å²) in [4.78, 5) is 20.2. The summed E-state index contributed by atoms with van der Waals surface area (Å²) in [6.07, 6.45) is 0.241. The molecular weight excluding hydrogens is 286 g/mol. The van der Waals surface area contributed by atoms with Gasteiger partial charge in [-0.05, 0) is 19.1 Å². The number of hydrogen-bond donors (Lipinski definition) is 0. The van der Waals surface area contributed by atoms with Crippen molar-refractivity contribution in [2.45, 2.75) is 11.8 Å². The molecular formula is C9H8ClNO6S. The van der Waals surface area contributed by atoms with Gasteiger partial charge in [-0.3, -0.25) is 14.9 Å². The molecule has 0 spiro atoms. The predicted octanol–water partition coefficient (Wildman–Crippen LogP) is 1.73. The first kappa shape index (κ1) is 14.4. The van der Waals surface area contributed by atoms with E-state index in [0.717, 1.165) is 12.1 Å². The van der Waals surface area contributed by atoms with E-state index in [1.807, 2.05) is 0 Å². The van der Waals surface area contributed by atoms with Gasteiger partial charge in [0.15, 0.2) is 6.29 Å². The summed E-state index contributed by atoms with van der Waals surface area (Å²) in [5.74, 6) is -0.526. The molecule has 0 radical (unpaired) electrons. The number of benzene rings is 1. The molecule has 7 nitrogen and oxygen atoms in total. The third-order valence-electron chi connectivity index (χ3n) is 1.99. The Morgan fingerprint density at radius 1 is 1.50 bits per heavy atom. The normalized spacial score (nSPS) is 11.0. The average molecular weight is 294 g/mol. The van der Waals surface area contributed by atoms with Gasteiger partial charge in [0.25, 0.3) is 9.05 Å². The van der Waals surface area contributed by atoms with E-state index < -0.39 is 30.3 Å². The molecule has 1 aromatic carbocycles. The van der Waals surface area contributed by atoms with Gasteiger partial charge in [-0.25, -0.2) is 8.42 Å². The Morgan fingerprint density at radius 3 is 2.50 bits per heavy atom. The van der Waals surface area contributed by atoms with E-state index in [2.05, 4.69) is 0 Å². The molecule has 0 fully saturated rings. The number of nitrogens with zero attached hydrogens (tertiary/aromatic N) is 1. The number of aldehydes is 1. The molecule has 0 unspecified atom stereocenters. The number of ether oxygens (including phenoxy) is 1. The zero-order valence-electron chi connectivity index (χ0n) is 9.12. The van der Waals surface area contributed by atoms with E-state index >= 15 is 0 Å². The zero-order chi connectivity index (χ0) is 13.9. The Morgan fingerprint density at radius 2 is 2.11 bits per heavy atom. The first-order valence-electron chi connectivity index (χ1n) is 4.67. The molecule has 0 amide bonds. The van der Waals surface area contributed by atoms with Crippen LogP contribution in [0.25, 0.3) is 0 Å². The van der Waals surface area contributed by atoms with Crippen molar-refractivity contribution in [3.05, 3.63) is 27.8 Å². The number of rotatable bonds is 5. The lowest BCUT2D eigenvalue weighted by Crippen LogP contribution is -2.05. The number of halogens is 1. The molecule has 0 atom stereocenters. The molecule has 0 aliphatic heterocycles. The summed E-state index contributed by atoms with van der Waals surface area (Å²) in [5.41, 5.74) is -0.999. The third-order valence-corrected chi connectivity index (χ3v) is 3.33. The highest BCUT2D eigenvalue weighted by Gasteiger charge is 2.29. The van der Waals surface area contributed by atoms with Gasteiger partial charge in [-0.1, -0.05) is 0 Å². The fourth-order valence-corrected chi connectivity index (χ4v) is 2.30. The van der Waals surface area contributed by atoms with Crippen LogP contribution >= 0.6 is 10.7 Å². The van der Waals surface area contributed by atoms with Crippen LogP contribution in [0.15, 0.2) is 17.0 Å². The van der Waals surface area contributed by atoms with E-state index in [4.69, 9.17) is 15.4 Å². The van der Waals surface area contributed by atoms with Crippen molar-refractivity contribution in [1.29, 1.82) is 0 Å². The van der Waals surface area contributed by atoms with Gasteiger partial charge < -0.3 is 4.74 Å². The molecule has 9 heteroatoms. The first-order chi connectivity index (χ1) is 8.32. The van der Waals surface area contributed by atoms with Crippen LogP contribution in [0.4, 0.5) is 5.69 Å². The molecule has 1 aromatic rings. The molecule has 0 aliphatic carbocycles. The van der Waals surface area contributed by atoms with Crippen LogP contribution < -0.4 is 4.74 Å². The van der Waals surface area contributed by atoms with Crippen molar-refractivity contribution < 1.29 is 22.9 Å². The number of carbonyl (C=O) groups is 1. The second-order valence-electron chi connectivity index (χ2n) is 3.08. The van der Waals surface area contributed by atoms with Crippen LogP contribution in [-0.4, -0.2) is 26.2 Å². The lowest BCUT2D eigenvalue weighted by Gasteiger charge is -2.09. The maximum atomic E-state index is 11.3. The summed E-state index contributed by atoms with van der Waals surface area (Å²) in [6, 6.07) is 1.99. The highest BCUT2D eigenvalue weighted by Crippen LogP contribution is 2.38. The molecule has 0 saturated carbocycles. The SMILES string of the molecule is CCOc1c(S(=O)(=O)Cl)ccc(C=O)c1[N+](=O)[O-]. The molecule has 0 bridgehead atoms. The number of nitro groups is 1. The quantitative estimate of drug-likeness (QED) is 0.354. The Balaban J connectivity index is 3.73. The Kier molecular flexibility index (Phi) is 4.25. The molecule has 0 heterocycles. The van der Waals surface area contributed by atoms with Crippen molar-refractivity contribution in [2.75, 3.05) is 6.61 Å². The molecule has 0 aliphatic rings. The van der Waals surface area contributed by atoms with Gasteiger partial charge in [0.05, 0.1) is 17.1 Å². The standard InChI is InChI=1S/C9H8ClNO6S/c1-2-17-9-7(18(10,15)16)4-3-6(5-12)8(9)11(13)14/h3-5H,2H2,1H3. The summed E-state index contributed by atoms with van der Waals surface area (Å²) in [7, 11) is 0.943. The summed E-state index contributed by atoms with van der Waals surface area (Å²) >= 11 is 0. The maximum absolute atomic E-state index is 11.3. The van der Waals surface area contributed by atoms with Crippen LogP contribution in [0.1, 0.15) is 17.3 Å². The number of carbonyl (C=O) groups excluding carboxylic acids is 1. The highest BCUT2D eigenvalue weighted by atomic mass is 35.7. The smallest absolute Gasteiger partial charge is 0.322 e. The van der Waals surface area contributed by atoms with Crippen LogP contribution in [0.2, 0.25) is 0 Å². The number of hydrogen-bond acceptors (Lipinski definition) is 6. The Hall–Kier alpha value is -1.67. The fourth-order valence-electron chi connectivity index (χ4n) is 1.33. The van der Waals surface area contributed by atoms with Crippen molar-refractivity contribution in [3.63, 3.8) is 0 Å². The molecule has 18 heavy (non-hydrogen) atoms. The van der Waals surface area contributed by atoms with Gasteiger partial charge in [0.2, 0.25) is 5.75 Å². The molecule has 0 aromatic heterocycles. The van der Waals surface area contributed by atoms with E-state index in [1.165, 1.54) is 6.92 Å². The second-order valence-corrected chi connectivity index (χ2v) is 5.61. The van der Waals surface area contributed by atoms with Crippen LogP contribution in [0.3, 0.4) is 0 Å². The lowest BCUT2D eigenvalue weighted by atomic mass is 10.2. The van der Waals surface area contributed by atoms with Crippen LogP contribution in [-0.2, 0) is 9.05 Å². The lowest BCUT2D eigenvalue weighted by molar-refractivity contribution is -0.386. The van der Waals surface area contributed by atoms with Crippen LogP contribution in [0.5, 0.6) is 5.75 Å². The largest absolute Gasteiger partial charge is 0.486 e. The monoisotopic (exact) mass is 293 g/mol. The third kappa shape index (κ3) is 2.77. The van der Waals surface area contributed by atoms with E-state index in [1.54, 1.807) is 0 Å². The predicted molar refractivity (Wildman–Crippen MR) is 62.7 cm³/mol. The van der Waals surface area contributed by atoms with E-state index in [9.17, 15) is 23.3 Å². The Bertz CT molecular complexity index is 597. The highest BCUT2D eigenvalue weighted by molar-refractivity contribution is 8.13. The van der Waals surface area contributed by atoms with E-state index in [0.29, 0.717) is 0 Å². The first-order valence-corrected chi connectivity index (χ1v) is 6.97. The van der Waals surface area contributed by atoms with Crippen molar-refractivity contribution in [2.24, 2.45) is 0 Å². The number of nitro benzene ring substituents is 1. The average Bonchev–Trinajstić information content (AvgIpc) is 2.26. The van der Waals surface area contributed by atoms with E-state index in [-0.39, 0.29) is 18.5 Å². The van der Waals surface area contributed by atoms with Gasteiger partial charge in [-0.2, -0.15) is 0 Å². The van der Waals surface area contributed by atoms with Crippen molar-refractivity contribution in [1.82, 2.24) is 0 Å². The van der Waals surface area contributed by atoms with Gasteiger partial charge >= 0.3 is 5.69 Å². The van der Waals surface area contributed by atoms with Gasteiger partial charge in [0.1, 0.15) is 4.90 Å². The summed E-state index contributed by atoms with van der Waals surface area (Å²) < 4.78 is 27.5. The van der Waals surface area contributed by atoms with Gasteiger partial charge in [-0.15, -0.1) is 0 Å². The molecule has 1 rings (SSSR count).